The number of ketones is 1. The molecule has 78 valence electrons. The average molecular weight is 239 g/mol. The minimum Gasteiger partial charge on any atom is -0.286 e. The molecule has 0 radical (unpaired) electrons. The molecule has 0 aliphatic carbocycles. The molecule has 0 saturated carbocycles. The third-order valence-corrected chi connectivity index (χ3v) is 3.24. The van der Waals surface area contributed by atoms with Crippen molar-refractivity contribution in [3.63, 3.8) is 0 Å². The molecule has 0 unspecified atom stereocenters. The van der Waals surface area contributed by atoms with Crippen LogP contribution in [0.15, 0.2) is 11.4 Å². The van der Waals surface area contributed by atoms with Crippen LogP contribution >= 0.6 is 23.1 Å². The van der Waals surface area contributed by atoms with Crippen LogP contribution in [0, 0.1) is 0 Å². The molecule has 2 aromatic heterocycles. The van der Waals surface area contributed by atoms with E-state index in [-0.39, 0.29) is 11.7 Å². The molecule has 0 bridgehead atoms. The van der Waals surface area contributed by atoms with E-state index < -0.39 is 0 Å². The Morgan fingerprint density at radius 2 is 2.27 bits per heavy atom. The zero-order valence-corrected chi connectivity index (χ0v) is 9.93. The minimum atomic E-state index is -0.0741. The average Bonchev–Trinajstić information content (AvgIpc) is 2.88. The number of nitrogens with zero attached hydrogens (tertiary/aromatic N) is 3. The quantitative estimate of drug-likeness (QED) is 0.771. The van der Waals surface area contributed by atoms with E-state index in [0.29, 0.717) is 10.6 Å². The van der Waals surface area contributed by atoms with Crippen molar-refractivity contribution in [3.8, 4) is 0 Å². The lowest BCUT2D eigenvalue weighted by Gasteiger charge is -2.00. The normalized spacial score (nSPS) is 10.9. The number of hydrogen-bond acceptors (Lipinski definition) is 6. The molecule has 0 atom stereocenters. The first-order chi connectivity index (χ1) is 7.20. The summed E-state index contributed by atoms with van der Waals surface area (Å²) in [5, 5.41) is 5.76. The zero-order valence-electron chi connectivity index (χ0n) is 8.30. The highest BCUT2D eigenvalue weighted by Gasteiger charge is 2.21. The van der Waals surface area contributed by atoms with Gasteiger partial charge in [-0.25, -0.2) is 0 Å². The van der Waals surface area contributed by atoms with Crippen molar-refractivity contribution in [2.75, 3.05) is 0 Å². The minimum absolute atomic E-state index is 0.0741. The Labute approximate surface area is 95.3 Å². The van der Waals surface area contributed by atoms with Crippen molar-refractivity contribution in [2.24, 2.45) is 0 Å². The molecule has 0 N–H and O–H groups in total. The number of hydrogen-bond donors (Lipinski definition) is 0. The summed E-state index contributed by atoms with van der Waals surface area (Å²) in [6, 6.07) is 1.72. The molecule has 4 nitrogen and oxygen atoms in total. The van der Waals surface area contributed by atoms with Gasteiger partial charge in [-0.3, -0.25) is 4.79 Å². The molecular weight excluding hydrogens is 230 g/mol. The Bertz CT molecular complexity index is 461. The summed E-state index contributed by atoms with van der Waals surface area (Å²) in [4.78, 5) is 12.6. The molecule has 0 aromatic carbocycles. The van der Waals surface area contributed by atoms with Gasteiger partial charge in [0.2, 0.25) is 5.78 Å². The Balaban J connectivity index is 2.38. The van der Waals surface area contributed by atoms with Crippen molar-refractivity contribution in [1.29, 1.82) is 0 Å². The number of aromatic nitrogens is 3. The third-order valence-electron chi connectivity index (χ3n) is 1.94. The van der Waals surface area contributed by atoms with E-state index in [0.717, 1.165) is 17.2 Å². The van der Waals surface area contributed by atoms with Crippen molar-refractivity contribution in [1.82, 2.24) is 14.0 Å². The van der Waals surface area contributed by atoms with E-state index in [1.807, 2.05) is 13.8 Å². The second-order valence-electron chi connectivity index (χ2n) is 3.36. The van der Waals surface area contributed by atoms with Crippen molar-refractivity contribution in [3.05, 3.63) is 27.7 Å². The largest absolute Gasteiger partial charge is 0.286 e. The van der Waals surface area contributed by atoms with Gasteiger partial charge in [0.25, 0.3) is 0 Å². The molecule has 2 aromatic rings. The standard InChI is InChI=1S/C9H9N3OS2/c1-5(2)7-9(15-12-10-7)8(13)6-3-4-14-11-6/h3-5H,1-2H3. The predicted molar refractivity (Wildman–Crippen MR) is 59.5 cm³/mol. The molecule has 0 amide bonds. The molecule has 6 heteroatoms. The fourth-order valence-corrected chi connectivity index (χ4v) is 2.45. The van der Waals surface area contributed by atoms with Gasteiger partial charge in [0.05, 0.1) is 5.69 Å². The van der Waals surface area contributed by atoms with E-state index in [1.54, 1.807) is 11.4 Å². The number of carbonyl (C=O) groups excluding carboxylic acids is 1. The molecule has 0 fully saturated rings. The van der Waals surface area contributed by atoms with Crippen molar-refractivity contribution in [2.45, 2.75) is 19.8 Å². The maximum atomic E-state index is 12.0. The molecule has 0 aliphatic rings. The smallest absolute Gasteiger partial charge is 0.225 e. The van der Waals surface area contributed by atoms with Crippen molar-refractivity contribution < 1.29 is 4.79 Å². The maximum Gasteiger partial charge on any atom is 0.225 e. The third kappa shape index (κ3) is 1.95. The molecule has 0 aliphatic heterocycles. The van der Waals surface area contributed by atoms with Gasteiger partial charge in [-0.2, -0.15) is 4.37 Å². The fourth-order valence-electron chi connectivity index (χ4n) is 1.18. The lowest BCUT2D eigenvalue weighted by molar-refractivity contribution is 0.103. The summed E-state index contributed by atoms with van der Waals surface area (Å²) in [5.74, 6) is 0.135. The van der Waals surface area contributed by atoms with Crippen LogP contribution in [0.5, 0.6) is 0 Å². The summed E-state index contributed by atoms with van der Waals surface area (Å²) in [6.07, 6.45) is 0. The Hall–Kier alpha value is -1.14. The Morgan fingerprint density at radius 3 is 2.87 bits per heavy atom. The molecule has 2 heterocycles. The van der Waals surface area contributed by atoms with Crippen LogP contribution in [0.25, 0.3) is 0 Å². The molecule has 0 saturated heterocycles. The van der Waals surface area contributed by atoms with Crippen molar-refractivity contribution >= 4 is 28.8 Å². The molecule has 0 spiro atoms. The summed E-state index contributed by atoms with van der Waals surface area (Å²) < 4.78 is 7.84. The molecule has 15 heavy (non-hydrogen) atoms. The topological polar surface area (TPSA) is 55.7 Å². The summed E-state index contributed by atoms with van der Waals surface area (Å²) in [7, 11) is 0. The van der Waals surface area contributed by atoms with Crippen LogP contribution in [0.4, 0.5) is 0 Å². The van der Waals surface area contributed by atoms with Gasteiger partial charge < -0.3 is 0 Å². The molecule has 2 rings (SSSR count). The van der Waals surface area contributed by atoms with Crippen LogP contribution in [0.3, 0.4) is 0 Å². The van der Waals surface area contributed by atoms with Gasteiger partial charge in [-0.15, -0.1) is 5.10 Å². The van der Waals surface area contributed by atoms with Crippen LogP contribution in [-0.2, 0) is 0 Å². The summed E-state index contributed by atoms with van der Waals surface area (Å²) in [6.45, 7) is 3.99. The van der Waals surface area contributed by atoms with Gasteiger partial charge in [-0.05, 0) is 35.0 Å². The number of rotatable bonds is 3. The lowest BCUT2D eigenvalue weighted by Crippen LogP contribution is -2.04. The van der Waals surface area contributed by atoms with E-state index in [1.165, 1.54) is 11.5 Å². The molecular formula is C9H9N3OS2. The second-order valence-corrected chi connectivity index (χ2v) is 4.78. The van der Waals surface area contributed by atoms with Crippen LogP contribution in [0.1, 0.15) is 40.8 Å². The zero-order chi connectivity index (χ0) is 10.8. The fraction of sp³-hybridized carbons (Fsp3) is 0.333. The highest BCUT2D eigenvalue weighted by molar-refractivity contribution is 7.08. The summed E-state index contributed by atoms with van der Waals surface area (Å²) in [5.41, 5.74) is 1.24. The maximum absolute atomic E-state index is 12.0. The highest BCUT2D eigenvalue weighted by Crippen LogP contribution is 2.22. The summed E-state index contributed by atoms with van der Waals surface area (Å²) >= 11 is 2.41. The Kier molecular flexibility index (Phi) is 2.88. The van der Waals surface area contributed by atoms with Gasteiger partial charge in [0.15, 0.2) is 0 Å². The lowest BCUT2D eigenvalue weighted by atomic mass is 10.1. The van der Waals surface area contributed by atoms with Crippen LogP contribution < -0.4 is 0 Å². The second kappa shape index (κ2) is 4.16. The van der Waals surface area contributed by atoms with E-state index in [2.05, 4.69) is 14.0 Å². The van der Waals surface area contributed by atoms with Gasteiger partial charge in [0.1, 0.15) is 10.6 Å². The van der Waals surface area contributed by atoms with E-state index in [4.69, 9.17) is 0 Å². The van der Waals surface area contributed by atoms with Crippen LogP contribution in [-0.4, -0.2) is 19.7 Å². The van der Waals surface area contributed by atoms with Gasteiger partial charge >= 0.3 is 0 Å². The SMILES string of the molecule is CC(C)c1nnsc1C(=O)c1ccsn1. The van der Waals surface area contributed by atoms with Crippen LogP contribution in [0.2, 0.25) is 0 Å². The first-order valence-corrected chi connectivity index (χ1v) is 6.08. The monoisotopic (exact) mass is 239 g/mol. The first-order valence-electron chi connectivity index (χ1n) is 4.47. The predicted octanol–water partition coefficient (Wildman–Crippen LogP) is 2.35. The first kappa shape index (κ1) is 10.4. The van der Waals surface area contributed by atoms with Gasteiger partial charge in [0, 0.05) is 5.38 Å². The number of carbonyl (C=O) groups is 1. The van der Waals surface area contributed by atoms with Gasteiger partial charge in [-0.1, -0.05) is 18.3 Å². The highest BCUT2D eigenvalue weighted by atomic mass is 32.1. The van der Waals surface area contributed by atoms with E-state index >= 15 is 0 Å². The Morgan fingerprint density at radius 1 is 1.47 bits per heavy atom. The van der Waals surface area contributed by atoms with E-state index in [9.17, 15) is 4.79 Å².